The molecule has 0 aromatic carbocycles. The lowest BCUT2D eigenvalue weighted by Crippen LogP contribution is -2.29. The lowest BCUT2D eigenvalue weighted by molar-refractivity contribution is -0.137. The van der Waals surface area contributed by atoms with Crippen LogP contribution in [-0.2, 0) is 11.3 Å². The van der Waals surface area contributed by atoms with Crippen LogP contribution in [0.3, 0.4) is 0 Å². The van der Waals surface area contributed by atoms with Gasteiger partial charge in [-0.1, -0.05) is 0 Å². The average molecular weight is 305 g/mol. The summed E-state index contributed by atoms with van der Waals surface area (Å²) in [7, 11) is 0. The van der Waals surface area contributed by atoms with Crippen molar-refractivity contribution >= 4 is 11.8 Å². The predicted octanol–water partition coefficient (Wildman–Crippen LogP) is 0.814. The van der Waals surface area contributed by atoms with Gasteiger partial charge < -0.3 is 10.4 Å². The van der Waals surface area contributed by atoms with Crippen molar-refractivity contribution in [1.82, 2.24) is 19.3 Å². The second-order valence-electron chi connectivity index (χ2n) is 5.20. The fraction of sp³-hybridized carbons (Fsp3) is 0.429. The third-order valence-corrected chi connectivity index (χ3v) is 3.25. The van der Waals surface area contributed by atoms with Crippen molar-refractivity contribution in [3.05, 3.63) is 40.2 Å². The highest BCUT2D eigenvalue weighted by Gasteiger charge is 2.12. The lowest BCUT2D eigenvalue weighted by atomic mass is 10.3. The minimum atomic E-state index is -1.07. The molecule has 2 N–H and O–H groups in total. The quantitative estimate of drug-likeness (QED) is 0.819. The Hall–Kier alpha value is -2.64. The Bertz CT molecular complexity index is 734. The molecular formula is C14H19N5O3. The molecule has 2 aromatic heterocycles. The van der Waals surface area contributed by atoms with Gasteiger partial charge in [0.05, 0.1) is 11.7 Å². The van der Waals surface area contributed by atoms with Gasteiger partial charge in [0, 0.05) is 24.6 Å². The van der Waals surface area contributed by atoms with Crippen LogP contribution >= 0.6 is 0 Å². The van der Waals surface area contributed by atoms with Crippen LogP contribution in [0.1, 0.15) is 24.4 Å². The maximum Gasteiger partial charge on any atom is 0.323 e. The Kier molecular flexibility index (Phi) is 4.59. The van der Waals surface area contributed by atoms with E-state index in [9.17, 15) is 9.59 Å². The third kappa shape index (κ3) is 3.51. The van der Waals surface area contributed by atoms with E-state index in [1.54, 1.807) is 0 Å². The number of nitrogens with one attached hydrogen (secondary N) is 1. The molecule has 0 aliphatic heterocycles. The zero-order valence-electron chi connectivity index (χ0n) is 12.8. The summed E-state index contributed by atoms with van der Waals surface area (Å²) in [6.07, 6.45) is 2.76. The first-order valence-electron chi connectivity index (χ1n) is 6.92. The molecule has 0 amide bonds. The van der Waals surface area contributed by atoms with E-state index in [2.05, 4.69) is 15.4 Å². The minimum absolute atomic E-state index is 0.0306. The van der Waals surface area contributed by atoms with E-state index < -0.39 is 11.5 Å². The molecular weight excluding hydrogens is 286 g/mol. The van der Waals surface area contributed by atoms with Gasteiger partial charge in [-0.3, -0.25) is 18.8 Å². The highest BCUT2D eigenvalue weighted by Crippen LogP contribution is 2.10. The summed E-state index contributed by atoms with van der Waals surface area (Å²) in [4.78, 5) is 26.8. The van der Waals surface area contributed by atoms with E-state index in [-0.39, 0.29) is 18.4 Å². The van der Waals surface area contributed by atoms with E-state index in [0.29, 0.717) is 6.54 Å². The second kappa shape index (κ2) is 6.42. The molecule has 118 valence electrons. The average Bonchev–Trinajstić information content (AvgIpc) is 2.78. The van der Waals surface area contributed by atoms with Gasteiger partial charge in [0.2, 0.25) is 0 Å². The van der Waals surface area contributed by atoms with Crippen molar-refractivity contribution in [2.45, 2.75) is 33.4 Å². The van der Waals surface area contributed by atoms with Crippen LogP contribution in [0.4, 0.5) is 5.82 Å². The number of anilines is 1. The van der Waals surface area contributed by atoms with Crippen LogP contribution in [0.25, 0.3) is 0 Å². The first-order valence-corrected chi connectivity index (χ1v) is 6.92. The summed E-state index contributed by atoms with van der Waals surface area (Å²) in [6.45, 7) is 5.94. The normalized spacial score (nSPS) is 12.1. The molecule has 2 aromatic rings. The minimum Gasteiger partial charge on any atom is -0.480 e. The second-order valence-corrected chi connectivity index (χ2v) is 5.20. The summed E-state index contributed by atoms with van der Waals surface area (Å²) in [6, 6.07) is 2.01. The van der Waals surface area contributed by atoms with Gasteiger partial charge in [0.25, 0.3) is 5.56 Å². The van der Waals surface area contributed by atoms with Gasteiger partial charge in [-0.05, 0) is 26.8 Å². The number of hydrogen-bond donors (Lipinski definition) is 2. The van der Waals surface area contributed by atoms with E-state index in [1.165, 1.54) is 12.4 Å². The SMILES string of the molecule is Cc1cc(C)n(C(C)CNc2nccn(CC(=O)O)c2=O)n1. The van der Waals surface area contributed by atoms with Crippen LogP contribution < -0.4 is 10.9 Å². The molecule has 0 radical (unpaired) electrons. The van der Waals surface area contributed by atoms with Gasteiger partial charge in [-0.25, -0.2) is 4.98 Å². The third-order valence-electron chi connectivity index (χ3n) is 3.25. The smallest absolute Gasteiger partial charge is 0.323 e. The number of aromatic nitrogens is 4. The Morgan fingerprint density at radius 2 is 2.18 bits per heavy atom. The van der Waals surface area contributed by atoms with Gasteiger partial charge in [-0.15, -0.1) is 0 Å². The standard InChI is InChI=1S/C14H19N5O3/c1-9-6-10(2)19(17-9)11(3)7-16-13-14(22)18(5-4-15-13)8-12(20)21/h4-6,11H,7-8H2,1-3H3,(H,15,16)(H,20,21). The number of aliphatic carboxylic acids is 1. The first kappa shape index (κ1) is 15.7. The van der Waals surface area contributed by atoms with Gasteiger partial charge in [0.15, 0.2) is 5.82 Å². The Balaban J connectivity index is 2.10. The van der Waals surface area contributed by atoms with Crippen LogP contribution in [0.5, 0.6) is 0 Å². The monoisotopic (exact) mass is 305 g/mol. The topological polar surface area (TPSA) is 102 Å². The van der Waals surface area contributed by atoms with Gasteiger partial charge in [0.1, 0.15) is 6.54 Å². The number of rotatable bonds is 6. The maximum atomic E-state index is 12.1. The van der Waals surface area contributed by atoms with Crippen molar-refractivity contribution < 1.29 is 9.90 Å². The molecule has 0 spiro atoms. The van der Waals surface area contributed by atoms with Crippen molar-refractivity contribution in [3.63, 3.8) is 0 Å². The largest absolute Gasteiger partial charge is 0.480 e. The highest BCUT2D eigenvalue weighted by atomic mass is 16.4. The number of aryl methyl sites for hydroxylation is 2. The summed E-state index contributed by atoms with van der Waals surface area (Å²) in [5, 5.41) is 16.1. The Morgan fingerprint density at radius 3 is 2.77 bits per heavy atom. The van der Waals surface area contributed by atoms with E-state index in [0.717, 1.165) is 16.0 Å². The fourth-order valence-electron chi connectivity index (χ4n) is 2.26. The van der Waals surface area contributed by atoms with Crippen LogP contribution in [0.15, 0.2) is 23.3 Å². The van der Waals surface area contributed by atoms with Crippen molar-refractivity contribution in [2.24, 2.45) is 0 Å². The summed E-state index contributed by atoms with van der Waals surface area (Å²) < 4.78 is 2.98. The van der Waals surface area contributed by atoms with Crippen molar-refractivity contribution in [3.8, 4) is 0 Å². The lowest BCUT2D eigenvalue weighted by Gasteiger charge is -2.15. The number of nitrogens with zero attached hydrogens (tertiary/aromatic N) is 4. The number of hydrogen-bond acceptors (Lipinski definition) is 5. The van der Waals surface area contributed by atoms with E-state index >= 15 is 0 Å². The number of carbonyl (C=O) groups is 1. The summed E-state index contributed by atoms with van der Waals surface area (Å²) in [5.74, 6) is -0.938. The predicted molar refractivity (Wildman–Crippen MR) is 81.0 cm³/mol. The van der Waals surface area contributed by atoms with Gasteiger partial charge in [-0.2, -0.15) is 5.10 Å². The van der Waals surface area contributed by atoms with Crippen LogP contribution in [0.2, 0.25) is 0 Å². The molecule has 2 rings (SSSR count). The zero-order chi connectivity index (χ0) is 16.3. The molecule has 22 heavy (non-hydrogen) atoms. The molecule has 1 atom stereocenters. The molecule has 0 saturated heterocycles. The molecule has 2 heterocycles. The van der Waals surface area contributed by atoms with Crippen molar-refractivity contribution in [1.29, 1.82) is 0 Å². The van der Waals surface area contributed by atoms with E-state index in [4.69, 9.17) is 5.11 Å². The Labute approximate surface area is 127 Å². The molecule has 0 aliphatic carbocycles. The summed E-state index contributed by atoms with van der Waals surface area (Å²) >= 11 is 0. The number of carboxylic acid groups (broad SMARTS) is 1. The fourth-order valence-corrected chi connectivity index (χ4v) is 2.26. The molecule has 0 fully saturated rings. The molecule has 0 saturated carbocycles. The first-order chi connectivity index (χ1) is 10.4. The molecule has 8 nitrogen and oxygen atoms in total. The summed E-state index contributed by atoms with van der Waals surface area (Å²) in [5.41, 5.74) is 1.52. The highest BCUT2D eigenvalue weighted by molar-refractivity contribution is 5.66. The molecule has 1 unspecified atom stereocenters. The molecule has 8 heteroatoms. The Morgan fingerprint density at radius 1 is 1.45 bits per heavy atom. The van der Waals surface area contributed by atoms with Crippen molar-refractivity contribution in [2.75, 3.05) is 11.9 Å². The molecule has 0 aliphatic rings. The number of carboxylic acids is 1. The van der Waals surface area contributed by atoms with Crippen LogP contribution in [-0.4, -0.2) is 37.0 Å². The maximum absolute atomic E-state index is 12.1. The zero-order valence-corrected chi connectivity index (χ0v) is 12.8. The van der Waals surface area contributed by atoms with Gasteiger partial charge >= 0.3 is 5.97 Å². The van der Waals surface area contributed by atoms with Crippen LogP contribution in [0, 0.1) is 13.8 Å². The molecule has 0 bridgehead atoms. The van der Waals surface area contributed by atoms with E-state index in [1.807, 2.05) is 31.5 Å².